The number of nitrogens with one attached hydrogen (secondary N) is 1. The van der Waals surface area contributed by atoms with E-state index in [-0.39, 0.29) is 6.04 Å². The minimum absolute atomic E-state index is 0.261. The summed E-state index contributed by atoms with van der Waals surface area (Å²) in [5, 5.41) is 3.68. The Morgan fingerprint density at radius 1 is 1.12 bits per heavy atom. The molecule has 10 heteroatoms. The van der Waals surface area contributed by atoms with Gasteiger partial charge in [-0.3, -0.25) is 0 Å². The molecule has 6 rings (SSSR count). The molecule has 2 aliphatic rings. The summed E-state index contributed by atoms with van der Waals surface area (Å²) in [6, 6.07) is 0.752. The van der Waals surface area contributed by atoms with Crippen molar-refractivity contribution in [2.75, 3.05) is 12.4 Å². The number of hydrogen-bond donors (Lipinski definition) is 1. The molecule has 176 valence electrons. The molecule has 1 atom stereocenters. The molecule has 0 bridgehead atoms. The van der Waals surface area contributed by atoms with Crippen molar-refractivity contribution in [2.24, 2.45) is 0 Å². The maximum atomic E-state index is 5.48. The van der Waals surface area contributed by atoms with E-state index in [1.807, 2.05) is 25.6 Å². The Labute approximate surface area is 197 Å². The second kappa shape index (κ2) is 8.43. The lowest BCUT2D eigenvalue weighted by Gasteiger charge is -2.37. The molecule has 0 aliphatic heterocycles. The largest absolute Gasteiger partial charge is 0.381 e. The summed E-state index contributed by atoms with van der Waals surface area (Å²) in [5.41, 5.74) is 5.03. The summed E-state index contributed by atoms with van der Waals surface area (Å²) in [7, 11) is 1.80. The van der Waals surface area contributed by atoms with Gasteiger partial charge >= 0.3 is 0 Å². The molecule has 0 amide bonds. The van der Waals surface area contributed by atoms with Crippen LogP contribution in [0.4, 0.5) is 5.82 Å². The number of fused-ring (bicyclic) bond motifs is 2. The van der Waals surface area contributed by atoms with E-state index in [0.717, 1.165) is 72.8 Å². The Kier molecular flexibility index (Phi) is 5.24. The van der Waals surface area contributed by atoms with Crippen molar-refractivity contribution in [3.8, 4) is 11.4 Å². The number of hydrogen-bond acceptors (Lipinski definition) is 8. The SMILES string of the molecule is CCn1c(-c2cnc(C)nc2)nc2c(N[C@H]3CCc4ncn([C@H]5C[C@H](OC)C5)c4C3)ncnc21. The smallest absolute Gasteiger partial charge is 0.165 e. The minimum Gasteiger partial charge on any atom is -0.381 e. The zero-order chi connectivity index (χ0) is 23.2. The first-order valence-electron chi connectivity index (χ1n) is 12.0. The number of nitrogens with zero attached hydrogens (tertiary/aromatic N) is 8. The molecule has 4 heterocycles. The van der Waals surface area contributed by atoms with Gasteiger partial charge in [-0.1, -0.05) is 0 Å². The van der Waals surface area contributed by atoms with Crippen LogP contribution in [-0.2, 0) is 24.1 Å². The summed E-state index contributed by atoms with van der Waals surface area (Å²) < 4.78 is 9.94. The third-order valence-electron chi connectivity index (χ3n) is 7.18. The van der Waals surface area contributed by atoms with Crippen LogP contribution in [0.2, 0.25) is 0 Å². The summed E-state index contributed by atoms with van der Waals surface area (Å²) in [6.07, 6.45) is 12.6. The highest BCUT2D eigenvalue weighted by Gasteiger charge is 2.34. The van der Waals surface area contributed by atoms with E-state index in [1.165, 1.54) is 11.4 Å². The van der Waals surface area contributed by atoms with E-state index in [4.69, 9.17) is 14.7 Å². The first-order chi connectivity index (χ1) is 16.6. The lowest BCUT2D eigenvalue weighted by molar-refractivity contribution is 0.00531. The van der Waals surface area contributed by atoms with Crippen LogP contribution in [0.3, 0.4) is 0 Å². The fraction of sp³-hybridized carbons (Fsp3) is 0.500. The Morgan fingerprint density at radius 3 is 2.71 bits per heavy atom. The van der Waals surface area contributed by atoms with Crippen LogP contribution in [0.25, 0.3) is 22.6 Å². The fourth-order valence-corrected chi connectivity index (χ4v) is 5.16. The zero-order valence-electron chi connectivity index (χ0n) is 19.8. The van der Waals surface area contributed by atoms with Gasteiger partial charge in [-0.05, 0) is 39.5 Å². The van der Waals surface area contributed by atoms with E-state index < -0.39 is 0 Å². The Morgan fingerprint density at radius 2 is 1.94 bits per heavy atom. The Balaban J connectivity index is 1.28. The number of aryl methyl sites for hydroxylation is 3. The van der Waals surface area contributed by atoms with Gasteiger partial charge in [0, 0.05) is 50.2 Å². The molecular weight excluding hydrogens is 430 g/mol. The molecule has 1 saturated carbocycles. The number of rotatable bonds is 6. The van der Waals surface area contributed by atoms with Gasteiger partial charge in [0.15, 0.2) is 17.0 Å². The van der Waals surface area contributed by atoms with Gasteiger partial charge in [0.1, 0.15) is 18.0 Å². The van der Waals surface area contributed by atoms with Crippen LogP contribution >= 0.6 is 0 Å². The van der Waals surface area contributed by atoms with Crippen LogP contribution in [0.1, 0.15) is 49.4 Å². The normalized spacial score (nSPS) is 21.9. The van der Waals surface area contributed by atoms with Gasteiger partial charge in [0.2, 0.25) is 0 Å². The second-order valence-electron chi connectivity index (χ2n) is 9.21. The first kappa shape index (κ1) is 21.2. The van der Waals surface area contributed by atoms with E-state index in [2.05, 4.69) is 41.3 Å². The molecule has 0 spiro atoms. The molecule has 1 fully saturated rings. The quantitative estimate of drug-likeness (QED) is 0.468. The molecule has 1 N–H and O–H groups in total. The molecule has 0 saturated heterocycles. The van der Waals surface area contributed by atoms with Crippen molar-refractivity contribution in [1.29, 1.82) is 0 Å². The summed E-state index contributed by atoms with van der Waals surface area (Å²) in [4.78, 5) is 27.5. The predicted molar refractivity (Wildman–Crippen MR) is 127 cm³/mol. The highest BCUT2D eigenvalue weighted by molar-refractivity contribution is 5.86. The number of methoxy groups -OCH3 is 1. The summed E-state index contributed by atoms with van der Waals surface area (Å²) in [5.74, 6) is 2.32. The van der Waals surface area contributed by atoms with Crippen molar-refractivity contribution in [3.05, 3.63) is 42.3 Å². The topological polar surface area (TPSA) is 108 Å². The second-order valence-corrected chi connectivity index (χ2v) is 9.21. The van der Waals surface area contributed by atoms with Crippen molar-refractivity contribution in [3.63, 3.8) is 0 Å². The molecule has 0 radical (unpaired) electrons. The third-order valence-corrected chi connectivity index (χ3v) is 7.18. The maximum absolute atomic E-state index is 5.48. The van der Waals surface area contributed by atoms with E-state index >= 15 is 0 Å². The third kappa shape index (κ3) is 3.53. The summed E-state index contributed by atoms with van der Waals surface area (Å²) in [6.45, 7) is 4.71. The van der Waals surface area contributed by atoms with Crippen molar-refractivity contribution >= 4 is 17.0 Å². The van der Waals surface area contributed by atoms with Crippen molar-refractivity contribution < 1.29 is 4.74 Å². The van der Waals surface area contributed by atoms with Gasteiger partial charge in [0.05, 0.1) is 23.7 Å². The predicted octanol–water partition coefficient (Wildman–Crippen LogP) is 3.13. The van der Waals surface area contributed by atoms with Gasteiger partial charge in [0.25, 0.3) is 0 Å². The Hall–Kier alpha value is -3.40. The zero-order valence-corrected chi connectivity index (χ0v) is 19.8. The number of anilines is 1. The van der Waals surface area contributed by atoms with Crippen LogP contribution < -0.4 is 5.32 Å². The maximum Gasteiger partial charge on any atom is 0.165 e. The van der Waals surface area contributed by atoms with Crippen LogP contribution in [0, 0.1) is 6.92 Å². The molecule has 2 aliphatic carbocycles. The molecule has 0 aromatic carbocycles. The molecule has 10 nitrogen and oxygen atoms in total. The van der Waals surface area contributed by atoms with Gasteiger partial charge in [-0.2, -0.15) is 0 Å². The number of imidazole rings is 2. The number of aromatic nitrogens is 8. The highest BCUT2D eigenvalue weighted by atomic mass is 16.5. The lowest BCUT2D eigenvalue weighted by Crippen LogP contribution is -2.35. The molecule has 34 heavy (non-hydrogen) atoms. The van der Waals surface area contributed by atoms with Gasteiger partial charge in [-0.25, -0.2) is 29.9 Å². The highest BCUT2D eigenvalue weighted by Crippen LogP contribution is 2.37. The monoisotopic (exact) mass is 459 g/mol. The Bertz CT molecular complexity index is 1320. The fourth-order valence-electron chi connectivity index (χ4n) is 5.16. The van der Waals surface area contributed by atoms with E-state index in [9.17, 15) is 0 Å². The van der Waals surface area contributed by atoms with Crippen molar-refractivity contribution in [1.82, 2.24) is 39.0 Å². The average Bonchev–Trinajstić information content (AvgIpc) is 3.41. The minimum atomic E-state index is 0.261. The first-order valence-corrected chi connectivity index (χ1v) is 12.0. The van der Waals surface area contributed by atoms with Gasteiger partial charge in [-0.15, -0.1) is 0 Å². The molecule has 0 unspecified atom stereocenters. The van der Waals surface area contributed by atoms with Crippen LogP contribution in [0.5, 0.6) is 0 Å². The van der Waals surface area contributed by atoms with E-state index in [0.29, 0.717) is 12.1 Å². The van der Waals surface area contributed by atoms with Crippen LogP contribution in [-0.4, -0.2) is 58.3 Å². The van der Waals surface area contributed by atoms with E-state index in [1.54, 1.807) is 13.4 Å². The van der Waals surface area contributed by atoms with Crippen LogP contribution in [0.15, 0.2) is 25.0 Å². The lowest BCUT2D eigenvalue weighted by atomic mass is 9.87. The number of ether oxygens (including phenoxy) is 1. The average molecular weight is 460 g/mol. The molecular formula is C24H29N9O. The molecule has 4 aromatic rings. The van der Waals surface area contributed by atoms with Gasteiger partial charge < -0.3 is 19.2 Å². The summed E-state index contributed by atoms with van der Waals surface area (Å²) >= 11 is 0. The van der Waals surface area contributed by atoms with Crippen molar-refractivity contribution in [2.45, 2.75) is 70.7 Å². The standard InChI is InChI=1S/C24H29N9O/c1-4-32-23(15-10-25-14(2)26-11-15)31-21-22(27-12-28-24(21)32)30-16-5-6-19-20(7-16)33(13-29-19)17-8-18(9-17)34-3/h10-13,16-18H,4-9H2,1-3H3,(H,27,28,30)/t16-,17-,18-/m0/s1. The molecule has 4 aromatic heterocycles.